The van der Waals surface area contributed by atoms with Gasteiger partial charge < -0.3 is 11.1 Å². The fourth-order valence-corrected chi connectivity index (χ4v) is 2.23. The molecule has 17 heavy (non-hydrogen) atoms. The van der Waals surface area contributed by atoms with E-state index >= 15 is 0 Å². The lowest BCUT2D eigenvalue weighted by Crippen LogP contribution is -2.44. The smallest absolute Gasteiger partial charge is 0.231 e. The van der Waals surface area contributed by atoms with Crippen LogP contribution in [0, 0.1) is 11.2 Å². The van der Waals surface area contributed by atoms with Crippen molar-refractivity contribution in [3.05, 3.63) is 24.3 Å². The number of pyridine rings is 1. The fraction of sp³-hybridized carbons (Fsp3) is 0.500. The third-order valence-corrected chi connectivity index (χ3v) is 3.51. The maximum absolute atomic E-state index is 12.9. The van der Waals surface area contributed by atoms with Crippen molar-refractivity contribution in [1.82, 2.24) is 4.98 Å². The summed E-state index contributed by atoms with van der Waals surface area (Å²) >= 11 is 0. The van der Waals surface area contributed by atoms with Gasteiger partial charge >= 0.3 is 0 Å². The summed E-state index contributed by atoms with van der Waals surface area (Å²) in [5.41, 5.74) is 5.75. The molecule has 0 bridgehead atoms. The molecule has 92 valence electrons. The zero-order valence-corrected chi connectivity index (χ0v) is 9.74. The molecule has 5 heteroatoms. The second-order valence-electron chi connectivity index (χ2n) is 4.76. The molecule has 4 nitrogen and oxygen atoms in total. The van der Waals surface area contributed by atoms with E-state index in [-0.39, 0.29) is 11.9 Å². The number of rotatable bonds is 2. The molecule has 1 aliphatic carbocycles. The highest BCUT2D eigenvalue weighted by molar-refractivity contribution is 5.95. The quantitative estimate of drug-likeness (QED) is 0.822. The van der Waals surface area contributed by atoms with Crippen LogP contribution in [-0.2, 0) is 4.79 Å². The first kappa shape index (κ1) is 12.0. The monoisotopic (exact) mass is 237 g/mol. The molecule has 2 rings (SSSR count). The topological polar surface area (TPSA) is 68.0 Å². The van der Waals surface area contributed by atoms with Crippen molar-refractivity contribution >= 4 is 11.6 Å². The molecule has 2 unspecified atom stereocenters. The highest BCUT2D eigenvalue weighted by atomic mass is 19.1. The Hall–Kier alpha value is -1.49. The van der Waals surface area contributed by atoms with E-state index in [4.69, 9.17) is 5.73 Å². The number of nitrogens with zero attached hydrogens (tertiary/aromatic N) is 1. The first-order chi connectivity index (χ1) is 8.02. The van der Waals surface area contributed by atoms with Gasteiger partial charge in [0.1, 0.15) is 5.82 Å². The van der Waals surface area contributed by atoms with E-state index in [0.29, 0.717) is 5.69 Å². The number of anilines is 1. The molecule has 1 heterocycles. The summed E-state index contributed by atoms with van der Waals surface area (Å²) in [7, 11) is 0. The van der Waals surface area contributed by atoms with Gasteiger partial charge in [0, 0.05) is 12.1 Å². The van der Waals surface area contributed by atoms with Crippen LogP contribution in [0.1, 0.15) is 26.2 Å². The average molecular weight is 237 g/mol. The van der Waals surface area contributed by atoms with Crippen molar-refractivity contribution in [2.75, 3.05) is 5.32 Å². The zero-order valence-electron chi connectivity index (χ0n) is 9.74. The first-order valence-electron chi connectivity index (χ1n) is 5.70. The number of amides is 1. The summed E-state index contributed by atoms with van der Waals surface area (Å²) in [6.45, 7) is 1.85. The van der Waals surface area contributed by atoms with Crippen molar-refractivity contribution in [3.63, 3.8) is 0 Å². The number of nitrogens with two attached hydrogens (primary N) is 1. The van der Waals surface area contributed by atoms with E-state index in [1.807, 2.05) is 6.92 Å². The number of carbonyl (C=O) groups excluding carboxylic acids is 1. The number of carbonyl (C=O) groups is 1. The van der Waals surface area contributed by atoms with Crippen LogP contribution in [-0.4, -0.2) is 16.9 Å². The highest BCUT2D eigenvalue weighted by Gasteiger charge is 2.42. The normalized spacial score (nSPS) is 28.1. The number of aromatic nitrogens is 1. The number of halogens is 1. The van der Waals surface area contributed by atoms with Crippen LogP contribution in [0.2, 0.25) is 0 Å². The molecule has 0 radical (unpaired) electrons. The van der Waals surface area contributed by atoms with Crippen molar-refractivity contribution in [3.8, 4) is 0 Å². The number of hydrogen-bond acceptors (Lipinski definition) is 3. The van der Waals surface area contributed by atoms with Crippen molar-refractivity contribution < 1.29 is 9.18 Å². The molecular weight excluding hydrogens is 221 g/mol. The molecule has 0 saturated heterocycles. The van der Waals surface area contributed by atoms with Gasteiger partial charge in [0.25, 0.3) is 0 Å². The second-order valence-corrected chi connectivity index (χ2v) is 4.76. The Morgan fingerprint density at radius 1 is 1.65 bits per heavy atom. The van der Waals surface area contributed by atoms with E-state index in [9.17, 15) is 9.18 Å². The van der Waals surface area contributed by atoms with Crippen molar-refractivity contribution in [2.45, 2.75) is 32.2 Å². The molecule has 1 aliphatic rings. The van der Waals surface area contributed by atoms with Gasteiger partial charge in [0.05, 0.1) is 23.5 Å². The molecular formula is C12H16FN3O. The van der Waals surface area contributed by atoms with Crippen LogP contribution >= 0.6 is 0 Å². The Kier molecular flexibility index (Phi) is 3.11. The number of nitrogens with one attached hydrogen (secondary N) is 1. The Morgan fingerprint density at radius 2 is 2.41 bits per heavy atom. The SMILES string of the molecule is CC1(C(=O)Nc2cncc(F)c2)CCCC1N. The van der Waals surface area contributed by atoms with Gasteiger partial charge in [-0.1, -0.05) is 6.42 Å². The molecule has 1 fully saturated rings. The lowest BCUT2D eigenvalue weighted by molar-refractivity contribution is -0.125. The van der Waals surface area contributed by atoms with Gasteiger partial charge in [-0.25, -0.2) is 4.39 Å². The molecule has 1 saturated carbocycles. The molecule has 3 N–H and O–H groups in total. The summed E-state index contributed by atoms with van der Waals surface area (Å²) in [6, 6.07) is 1.11. The second kappa shape index (κ2) is 4.41. The predicted octanol–water partition coefficient (Wildman–Crippen LogP) is 1.68. The highest BCUT2D eigenvalue weighted by Crippen LogP contribution is 2.37. The third kappa shape index (κ3) is 2.29. The van der Waals surface area contributed by atoms with Gasteiger partial charge in [0.2, 0.25) is 5.91 Å². The van der Waals surface area contributed by atoms with Crippen LogP contribution in [0.4, 0.5) is 10.1 Å². The van der Waals surface area contributed by atoms with E-state index in [1.54, 1.807) is 0 Å². The largest absolute Gasteiger partial charge is 0.327 e. The van der Waals surface area contributed by atoms with Crippen molar-refractivity contribution in [1.29, 1.82) is 0 Å². The lowest BCUT2D eigenvalue weighted by Gasteiger charge is -2.27. The molecule has 1 aromatic heterocycles. The summed E-state index contributed by atoms with van der Waals surface area (Å²) in [6.07, 6.45) is 5.09. The first-order valence-corrected chi connectivity index (χ1v) is 5.70. The maximum Gasteiger partial charge on any atom is 0.231 e. The van der Waals surface area contributed by atoms with Crippen LogP contribution < -0.4 is 11.1 Å². The minimum Gasteiger partial charge on any atom is -0.327 e. The standard InChI is InChI=1S/C12H16FN3O/c1-12(4-2-3-10(12)14)11(17)16-9-5-8(13)6-15-7-9/h5-7,10H,2-4,14H2,1H3,(H,16,17). The van der Waals surface area contributed by atoms with Crippen LogP contribution in [0.3, 0.4) is 0 Å². The summed E-state index contributed by atoms with van der Waals surface area (Å²) in [4.78, 5) is 15.8. The molecule has 1 aromatic rings. The summed E-state index contributed by atoms with van der Waals surface area (Å²) in [5.74, 6) is -0.626. The minimum atomic E-state index is -0.563. The Labute approximate surface area is 99.4 Å². The summed E-state index contributed by atoms with van der Waals surface area (Å²) < 4.78 is 12.9. The molecule has 0 aromatic carbocycles. The lowest BCUT2D eigenvalue weighted by atomic mass is 9.84. The van der Waals surface area contributed by atoms with Gasteiger partial charge in [-0.15, -0.1) is 0 Å². The third-order valence-electron chi connectivity index (χ3n) is 3.51. The maximum atomic E-state index is 12.9. The van der Waals surface area contributed by atoms with Gasteiger partial charge in [-0.3, -0.25) is 9.78 Å². The van der Waals surface area contributed by atoms with Crippen LogP contribution in [0.5, 0.6) is 0 Å². The Morgan fingerprint density at radius 3 is 3.00 bits per heavy atom. The Bertz CT molecular complexity index is 438. The molecule has 0 spiro atoms. The number of hydrogen-bond donors (Lipinski definition) is 2. The van der Waals surface area contributed by atoms with E-state index < -0.39 is 11.2 Å². The fourth-order valence-electron chi connectivity index (χ4n) is 2.23. The van der Waals surface area contributed by atoms with Gasteiger partial charge in [-0.05, 0) is 19.8 Å². The van der Waals surface area contributed by atoms with E-state index in [1.165, 1.54) is 12.3 Å². The zero-order chi connectivity index (χ0) is 12.5. The van der Waals surface area contributed by atoms with Crippen LogP contribution in [0.15, 0.2) is 18.5 Å². The van der Waals surface area contributed by atoms with E-state index in [2.05, 4.69) is 10.3 Å². The van der Waals surface area contributed by atoms with Crippen LogP contribution in [0.25, 0.3) is 0 Å². The minimum absolute atomic E-state index is 0.135. The van der Waals surface area contributed by atoms with Crippen molar-refractivity contribution in [2.24, 2.45) is 11.1 Å². The van der Waals surface area contributed by atoms with Gasteiger partial charge in [-0.2, -0.15) is 0 Å². The van der Waals surface area contributed by atoms with E-state index in [0.717, 1.165) is 25.5 Å². The Balaban J connectivity index is 2.12. The van der Waals surface area contributed by atoms with Gasteiger partial charge in [0.15, 0.2) is 0 Å². The molecule has 2 atom stereocenters. The summed E-state index contributed by atoms with van der Waals surface area (Å²) in [5, 5.41) is 2.67. The molecule has 0 aliphatic heterocycles. The average Bonchev–Trinajstić information content (AvgIpc) is 2.60. The molecule has 1 amide bonds. The predicted molar refractivity (Wildman–Crippen MR) is 62.8 cm³/mol.